The Morgan fingerprint density at radius 3 is 2.72 bits per heavy atom. The van der Waals surface area contributed by atoms with Gasteiger partial charge < -0.3 is 14.5 Å². The van der Waals surface area contributed by atoms with E-state index in [1.165, 1.54) is 0 Å². The predicted octanol–water partition coefficient (Wildman–Crippen LogP) is 0.784. The zero-order valence-corrected chi connectivity index (χ0v) is 9.90. The van der Waals surface area contributed by atoms with Gasteiger partial charge in [0.15, 0.2) is 0 Å². The van der Waals surface area contributed by atoms with Gasteiger partial charge >= 0.3 is 5.97 Å². The number of aromatic nitrogens is 1. The average Bonchev–Trinajstić information content (AvgIpc) is 2.98. The minimum atomic E-state index is -3.84. The van der Waals surface area contributed by atoms with Gasteiger partial charge in [0.1, 0.15) is 0 Å². The molecule has 18 heavy (non-hydrogen) atoms. The van der Waals surface area contributed by atoms with E-state index in [-0.39, 0.29) is 6.54 Å². The number of hydrogen-bond acceptors (Lipinski definition) is 4. The average molecular weight is 270 g/mol. The summed E-state index contributed by atoms with van der Waals surface area (Å²) in [6, 6.07) is 3.91. The lowest BCUT2D eigenvalue weighted by molar-refractivity contribution is 0.0656. The van der Waals surface area contributed by atoms with Crippen LogP contribution in [-0.4, -0.2) is 24.5 Å². The number of sulfonamides is 1. The second-order valence-corrected chi connectivity index (χ2v) is 5.17. The van der Waals surface area contributed by atoms with E-state index in [4.69, 9.17) is 9.52 Å². The molecule has 0 radical (unpaired) electrons. The number of hydrogen-bond donors (Lipinski definition) is 3. The number of carboxylic acids is 1. The minimum absolute atomic E-state index is 0.0922. The van der Waals surface area contributed by atoms with Crippen LogP contribution in [0, 0.1) is 0 Å². The molecule has 0 saturated heterocycles. The molecule has 7 nitrogen and oxygen atoms in total. The highest BCUT2D eigenvalue weighted by Gasteiger charge is 2.20. The quantitative estimate of drug-likeness (QED) is 0.743. The van der Waals surface area contributed by atoms with Crippen LogP contribution >= 0.6 is 0 Å². The van der Waals surface area contributed by atoms with E-state index in [1.807, 2.05) is 0 Å². The first-order chi connectivity index (χ1) is 8.49. The van der Waals surface area contributed by atoms with Crippen molar-refractivity contribution in [2.24, 2.45) is 0 Å². The fraction of sp³-hybridized carbons (Fsp3) is 0.100. The molecule has 3 N–H and O–H groups in total. The summed E-state index contributed by atoms with van der Waals surface area (Å²) in [6.45, 7) is 0.0922. The Kier molecular flexibility index (Phi) is 3.21. The molecular weight excluding hydrogens is 260 g/mol. The Morgan fingerprint density at radius 1 is 1.39 bits per heavy atom. The van der Waals surface area contributed by atoms with Crippen LogP contribution in [0.5, 0.6) is 0 Å². The molecule has 0 unspecified atom stereocenters. The van der Waals surface area contributed by atoms with Crippen molar-refractivity contribution in [3.63, 3.8) is 0 Å². The van der Waals surface area contributed by atoms with Gasteiger partial charge in [-0.3, -0.25) is 0 Å². The number of carbonyl (C=O) groups is 1. The van der Waals surface area contributed by atoms with Crippen LogP contribution in [0.25, 0.3) is 0 Å². The third kappa shape index (κ3) is 2.60. The normalized spacial score (nSPS) is 11.6. The summed E-state index contributed by atoms with van der Waals surface area (Å²) in [5, 5.41) is 8.21. The van der Waals surface area contributed by atoms with Crippen LogP contribution in [0.1, 0.15) is 16.1 Å². The highest BCUT2D eigenvalue weighted by molar-refractivity contribution is 7.89. The summed E-state index contributed by atoms with van der Waals surface area (Å²) in [5.41, 5.74) is 0.753. The van der Waals surface area contributed by atoms with E-state index in [0.29, 0.717) is 0 Å². The van der Waals surface area contributed by atoms with Crippen molar-refractivity contribution in [3.05, 3.63) is 41.9 Å². The van der Waals surface area contributed by atoms with Gasteiger partial charge in [-0.15, -0.1) is 0 Å². The van der Waals surface area contributed by atoms with Gasteiger partial charge in [-0.05, 0) is 23.8 Å². The molecule has 0 aliphatic heterocycles. The maximum atomic E-state index is 11.8. The van der Waals surface area contributed by atoms with Gasteiger partial charge in [0.2, 0.25) is 10.9 Å². The van der Waals surface area contributed by atoms with Crippen LogP contribution in [-0.2, 0) is 16.6 Å². The molecule has 0 fully saturated rings. The first-order valence-corrected chi connectivity index (χ1v) is 6.42. The molecule has 0 aliphatic rings. The van der Waals surface area contributed by atoms with Crippen molar-refractivity contribution < 1.29 is 22.7 Å². The molecule has 0 spiro atoms. The van der Waals surface area contributed by atoms with Crippen molar-refractivity contribution in [2.75, 3.05) is 0 Å². The summed E-state index contributed by atoms with van der Waals surface area (Å²) in [5.74, 6) is -1.74. The molecule has 8 heteroatoms. The first-order valence-electron chi connectivity index (χ1n) is 4.93. The maximum absolute atomic E-state index is 11.8. The third-order valence-corrected chi connectivity index (χ3v) is 3.46. The summed E-state index contributed by atoms with van der Waals surface area (Å²) < 4.78 is 30.5. The zero-order valence-electron chi connectivity index (χ0n) is 9.08. The third-order valence-electron chi connectivity index (χ3n) is 2.19. The highest BCUT2D eigenvalue weighted by atomic mass is 32.2. The Balaban J connectivity index is 2.12. The zero-order chi connectivity index (χ0) is 13.2. The number of rotatable bonds is 5. The fourth-order valence-corrected chi connectivity index (χ4v) is 2.24. The second-order valence-electron chi connectivity index (χ2n) is 3.47. The largest absolute Gasteiger partial charge is 0.475 e. The van der Waals surface area contributed by atoms with E-state index in [1.54, 1.807) is 18.5 Å². The molecule has 96 valence electrons. The molecule has 2 aromatic heterocycles. The number of carboxylic acid groups (broad SMARTS) is 1. The predicted molar refractivity (Wildman–Crippen MR) is 60.5 cm³/mol. The van der Waals surface area contributed by atoms with E-state index >= 15 is 0 Å². The van der Waals surface area contributed by atoms with Crippen molar-refractivity contribution in [1.29, 1.82) is 0 Å². The molecule has 2 heterocycles. The molecule has 2 aromatic rings. The van der Waals surface area contributed by atoms with E-state index in [0.717, 1.165) is 17.7 Å². The lowest BCUT2D eigenvalue weighted by atomic mass is 10.4. The Morgan fingerprint density at radius 2 is 2.17 bits per heavy atom. The van der Waals surface area contributed by atoms with Crippen LogP contribution in [0.4, 0.5) is 0 Å². The van der Waals surface area contributed by atoms with E-state index in [2.05, 4.69) is 9.71 Å². The molecule has 0 bridgehead atoms. The van der Waals surface area contributed by atoms with E-state index < -0.39 is 26.8 Å². The standard InChI is InChI=1S/C10H10N2O5S/c13-10(14)8-1-2-9(17-8)18(15,16)12-6-7-3-4-11-5-7/h1-5,11-12H,6H2,(H,13,14). The van der Waals surface area contributed by atoms with Gasteiger partial charge in [0.25, 0.3) is 10.0 Å². The van der Waals surface area contributed by atoms with Crippen molar-refractivity contribution >= 4 is 16.0 Å². The summed E-state index contributed by atoms with van der Waals surface area (Å²) in [6.07, 6.45) is 3.31. The second kappa shape index (κ2) is 4.67. The molecule has 0 saturated carbocycles. The highest BCUT2D eigenvalue weighted by Crippen LogP contribution is 2.14. The lowest BCUT2D eigenvalue weighted by Crippen LogP contribution is -2.22. The van der Waals surface area contributed by atoms with Crippen LogP contribution in [0.15, 0.2) is 40.1 Å². The summed E-state index contributed by atoms with van der Waals surface area (Å²) in [7, 11) is -3.84. The lowest BCUT2D eigenvalue weighted by Gasteiger charge is -2.02. The number of furan rings is 1. The Hall–Kier alpha value is -2.06. The van der Waals surface area contributed by atoms with Gasteiger partial charge in [-0.25, -0.2) is 17.9 Å². The van der Waals surface area contributed by atoms with Crippen LogP contribution in [0.3, 0.4) is 0 Å². The van der Waals surface area contributed by atoms with Crippen molar-refractivity contribution in [3.8, 4) is 0 Å². The minimum Gasteiger partial charge on any atom is -0.475 e. The number of nitrogens with one attached hydrogen (secondary N) is 2. The number of H-pyrrole nitrogens is 1. The smallest absolute Gasteiger partial charge is 0.371 e. The summed E-state index contributed by atoms with van der Waals surface area (Å²) >= 11 is 0. The van der Waals surface area contributed by atoms with Crippen LogP contribution < -0.4 is 4.72 Å². The molecule has 2 rings (SSSR count). The SMILES string of the molecule is O=C(O)c1ccc(S(=O)(=O)NCc2cc[nH]c2)o1. The molecular formula is C10H10N2O5S. The molecule has 0 aliphatic carbocycles. The Labute approximate surface area is 102 Å². The van der Waals surface area contributed by atoms with Crippen molar-refractivity contribution in [1.82, 2.24) is 9.71 Å². The van der Waals surface area contributed by atoms with Gasteiger partial charge in [-0.2, -0.15) is 0 Å². The Bertz CT molecular complexity index is 642. The van der Waals surface area contributed by atoms with Crippen LogP contribution in [0.2, 0.25) is 0 Å². The summed E-state index contributed by atoms with van der Waals surface area (Å²) in [4.78, 5) is 13.4. The van der Waals surface area contributed by atoms with Crippen molar-refractivity contribution in [2.45, 2.75) is 11.6 Å². The molecule has 0 atom stereocenters. The van der Waals surface area contributed by atoms with Gasteiger partial charge in [0, 0.05) is 18.9 Å². The monoisotopic (exact) mass is 270 g/mol. The topological polar surface area (TPSA) is 112 Å². The number of aromatic carboxylic acids is 1. The molecule has 0 amide bonds. The number of aromatic amines is 1. The fourth-order valence-electron chi connectivity index (χ4n) is 1.30. The van der Waals surface area contributed by atoms with Gasteiger partial charge in [-0.1, -0.05) is 0 Å². The maximum Gasteiger partial charge on any atom is 0.371 e. The first kappa shape index (κ1) is 12.4. The van der Waals surface area contributed by atoms with Gasteiger partial charge in [0.05, 0.1) is 0 Å². The van der Waals surface area contributed by atoms with E-state index in [9.17, 15) is 13.2 Å². The molecule has 0 aromatic carbocycles.